The molecule has 66 valence electrons. The molecule has 4 nitrogen and oxygen atoms in total. The molecule has 0 aliphatic rings. The average Bonchev–Trinajstić information content (AvgIpc) is 2.32. The maximum atomic E-state index is 11.2. The first-order valence-corrected chi connectivity index (χ1v) is 3.67. The van der Waals surface area contributed by atoms with Crippen LogP contribution >= 0.6 is 0 Å². The van der Waals surface area contributed by atoms with Gasteiger partial charge >= 0.3 is 5.97 Å². The third-order valence-corrected chi connectivity index (χ3v) is 1.48. The maximum Gasteiger partial charge on any atom is 0.343 e. The van der Waals surface area contributed by atoms with Crippen molar-refractivity contribution in [2.24, 2.45) is 0 Å². The first kappa shape index (κ1) is 8.64. The number of nitrogens with two attached hydrogens (primary N) is 1. The lowest BCUT2D eigenvalue weighted by molar-refractivity contribution is 0.0526. The van der Waals surface area contributed by atoms with Crippen molar-refractivity contribution in [3.8, 4) is 0 Å². The Balaban J connectivity index is 2.93. The van der Waals surface area contributed by atoms with Gasteiger partial charge in [0.25, 0.3) is 0 Å². The van der Waals surface area contributed by atoms with E-state index >= 15 is 0 Å². The maximum absolute atomic E-state index is 11.2. The standard InChI is InChI=1S/C8H11NO3/c1-3-11-8(10)6-5(2)4-12-7(6)9/h4H,3,9H2,1-2H3. The van der Waals surface area contributed by atoms with E-state index in [0.29, 0.717) is 17.7 Å². The Kier molecular flexibility index (Phi) is 2.38. The lowest BCUT2D eigenvalue weighted by Crippen LogP contribution is -2.07. The van der Waals surface area contributed by atoms with Crippen molar-refractivity contribution in [2.45, 2.75) is 13.8 Å². The zero-order chi connectivity index (χ0) is 9.14. The second-order valence-electron chi connectivity index (χ2n) is 2.38. The summed E-state index contributed by atoms with van der Waals surface area (Å²) in [6.07, 6.45) is 1.43. The number of rotatable bonds is 2. The highest BCUT2D eigenvalue weighted by molar-refractivity contribution is 5.95. The lowest BCUT2D eigenvalue weighted by atomic mass is 10.2. The molecule has 0 saturated carbocycles. The summed E-state index contributed by atoms with van der Waals surface area (Å²) < 4.78 is 9.61. The molecule has 1 heterocycles. The second-order valence-corrected chi connectivity index (χ2v) is 2.38. The van der Waals surface area contributed by atoms with Crippen LogP contribution in [-0.2, 0) is 4.74 Å². The number of esters is 1. The van der Waals surface area contributed by atoms with E-state index in [4.69, 9.17) is 14.9 Å². The molecule has 0 unspecified atom stereocenters. The summed E-state index contributed by atoms with van der Waals surface area (Å²) in [7, 11) is 0. The molecule has 0 aromatic carbocycles. The van der Waals surface area contributed by atoms with Crippen LogP contribution in [0, 0.1) is 6.92 Å². The molecule has 1 rings (SSSR count). The SMILES string of the molecule is CCOC(=O)c1c(C)coc1N. The van der Waals surface area contributed by atoms with E-state index < -0.39 is 5.97 Å². The molecule has 0 radical (unpaired) electrons. The van der Waals surface area contributed by atoms with E-state index in [2.05, 4.69) is 0 Å². The summed E-state index contributed by atoms with van der Waals surface area (Å²) >= 11 is 0. The minimum atomic E-state index is -0.429. The summed E-state index contributed by atoms with van der Waals surface area (Å²) in [4.78, 5) is 11.2. The fourth-order valence-corrected chi connectivity index (χ4v) is 0.929. The van der Waals surface area contributed by atoms with E-state index in [1.165, 1.54) is 6.26 Å². The molecule has 0 spiro atoms. The zero-order valence-electron chi connectivity index (χ0n) is 7.09. The Hall–Kier alpha value is -1.45. The van der Waals surface area contributed by atoms with Gasteiger partial charge in [-0.25, -0.2) is 4.79 Å². The van der Waals surface area contributed by atoms with Gasteiger partial charge in [0.15, 0.2) is 0 Å². The van der Waals surface area contributed by atoms with Gasteiger partial charge in [-0.2, -0.15) is 0 Å². The predicted octanol–water partition coefficient (Wildman–Crippen LogP) is 1.35. The highest BCUT2D eigenvalue weighted by atomic mass is 16.5. The molecule has 2 N–H and O–H groups in total. The molecule has 0 saturated heterocycles. The summed E-state index contributed by atoms with van der Waals surface area (Å²) in [5.74, 6) is -0.313. The smallest absolute Gasteiger partial charge is 0.343 e. The van der Waals surface area contributed by atoms with Crippen LogP contribution in [0.1, 0.15) is 22.8 Å². The topological polar surface area (TPSA) is 65.5 Å². The summed E-state index contributed by atoms with van der Waals surface area (Å²) in [5.41, 5.74) is 6.44. The highest BCUT2D eigenvalue weighted by Crippen LogP contribution is 2.19. The molecule has 4 heteroatoms. The molecule has 0 bridgehead atoms. The zero-order valence-corrected chi connectivity index (χ0v) is 7.09. The van der Waals surface area contributed by atoms with Crippen LogP contribution in [0.4, 0.5) is 5.88 Å². The molecule has 0 amide bonds. The number of nitrogen functional groups attached to an aromatic ring is 1. The van der Waals surface area contributed by atoms with E-state index in [-0.39, 0.29) is 5.88 Å². The van der Waals surface area contributed by atoms with Crippen molar-refractivity contribution in [1.82, 2.24) is 0 Å². The van der Waals surface area contributed by atoms with Gasteiger partial charge < -0.3 is 14.9 Å². The number of carbonyl (C=O) groups is 1. The van der Waals surface area contributed by atoms with Gasteiger partial charge in [0.2, 0.25) is 5.88 Å². The molecule has 0 aliphatic heterocycles. The van der Waals surface area contributed by atoms with Gasteiger partial charge in [0.1, 0.15) is 5.56 Å². The fourth-order valence-electron chi connectivity index (χ4n) is 0.929. The van der Waals surface area contributed by atoms with Crippen LogP contribution in [0.2, 0.25) is 0 Å². The van der Waals surface area contributed by atoms with Crippen LogP contribution in [0.3, 0.4) is 0 Å². The number of ether oxygens (including phenoxy) is 1. The van der Waals surface area contributed by atoms with Gasteiger partial charge in [-0.1, -0.05) is 0 Å². The number of hydrogen-bond acceptors (Lipinski definition) is 4. The fraction of sp³-hybridized carbons (Fsp3) is 0.375. The summed E-state index contributed by atoms with van der Waals surface area (Å²) in [6, 6.07) is 0. The van der Waals surface area contributed by atoms with Crippen molar-refractivity contribution >= 4 is 11.9 Å². The molecule has 0 aliphatic carbocycles. The van der Waals surface area contributed by atoms with Crippen molar-refractivity contribution in [1.29, 1.82) is 0 Å². The van der Waals surface area contributed by atoms with E-state index in [1.54, 1.807) is 13.8 Å². The lowest BCUT2D eigenvalue weighted by Gasteiger charge is -1.99. The van der Waals surface area contributed by atoms with Gasteiger partial charge in [-0.15, -0.1) is 0 Å². The predicted molar refractivity (Wildman–Crippen MR) is 43.8 cm³/mol. The monoisotopic (exact) mass is 169 g/mol. The molecular formula is C8H11NO3. The normalized spacial score (nSPS) is 9.83. The van der Waals surface area contributed by atoms with Gasteiger partial charge in [-0.05, 0) is 13.8 Å². The van der Waals surface area contributed by atoms with E-state index in [1.807, 2.05) is 0 Å². The number of anilines is 1. The third kappa shape index (κ3) is 1.42. The summed E-state index contributed by atoms with van der Waals surface area (Å²) in [5, 5.41) is 0. The van der Waals surface area contributed by atoms with Crippen molar-refractivity contribution in [2.75, 3.05) is 12.3 Å². The van der Waals surface area contributed by atoms with Crippen LogP contribution in [0.25, 0.3) is 0 Å². The first-order chi connectivity index (χ1) is 5.66. The van der Waals surface area contributed by atoms with E-state index in [9.17, 15) is 4.79 Å². The van der Waals surface area contributed by atoms with Crippen LogP contribution in [-0.4, -0.2) is 12.6 Å². The number of aryl methyl sites for hydroxylation is 1. The van der Waals surface area contributed by atoms with E-state index in [0.717, 1.165) is 0 Å². The van der Waals surface area contributed by atoms with Crippen LogP contribution in [0.5, 0.6) is 0 Å². The molecule has 12 heavy (non-hydrogen) atoms. The Labute approximate surface area is 70.3 Å². The molecule has 1 aromatic rings. The third-order valence-electron chi connectivity index (χ3n) is 1.48. The van der Waals surface area contributed by atoms with Crippen molar-refractivity contribution in [3.63, 3.8) is 0 Å². The van der Waals surface area contributed by atoms with Crippen molar-refractivity contribution in [3.05, 3.63) is 17.4 Å². The van der Waals surface area contributed by atoms with Crippen LogP contribution < -0.4 is 5.73 Å². The van der Waals surface area contributed by atoms with Crippen molar-refractivity contribution < 1.29 is 13.9 Å². The Morgan fingerprint density at radius 1 is 1.75 bits per heavy atom. The number of hydrogen-bond donors (Lipinski definition) is 1. The molecule has 1 aromatic heterocycles. The second kappa shape index (κ2) is 3.30. The number of carbonyl (C=O) groups excluding carboxylic acids is 1. The largest absolute Gasteiger partial charge is 0.462 e. The Morgan fingerprint density at radius 3 is 2.83 bits per heavy atom. The molecular weight excluding hydrogens is 158 g/mol. The highest BCUT2D eigenvalue weighted by Gasteiger charge is 2.16. The minimum absolute atomic E-state index is 0.117. The summed E-state index contributed by atoms with van der Waals surface area (Å²) in [6.45, 7) is 3.82. The van der Waals surface area contributed by atoms with Gasteiger partial charge in [-0.3, -0.25) is 0 Å². The minimum Gasteiger partial charge on any atom is -0.462 e. The first-order valence-electron chi connectivity index (χ1n) is 3.67. The Bertz CT molecular complexity index is 271. The molecule has 0 fully saturated rings. The number of furan rings is 1. The average molecular weight is 169 g/mol. The van der Waals surface area contributed by atoms with Gasteiger partial charge in [0.05, 0.1) is 12.9 Å². The molecule has 0 atom stereocenters. The van der Waals surface area contributed by atoms with Gasteiger partial charge in [0, 0.05) is 5.56 Å². The quantitative estimate of drug-likeness (QED) is 0.678. The Morgan fingerprint density at radius 2 is 2.42 bits per heavy atom. The van der Waals surface area contributed by atoms with Crippen LogP contribution in [0.15, 0.2) is 10.7 Å².